The molecule has 1 aromatic heterocycles. The molecular formula is C22H22N2O6S. The molecule has 2 aromatic rings. The van der Waals surface area contributed by atoms with Crippen molar-refractivity contribution in [3.63, 3.8) is 0 Å². The molecule has 0 spiro atoms. The molecule has 2 aliphatic rings. The maximum absolute atomic E-state index is 13.3. The Labute approximate surface area is 180 Å². The minimum Gasteiger partial charge on any atom is -0.443 e. The number of hydrogen-bond acceptors (Lipinski definition) is 6. The summed E-state index contributed by atoms with van der Waals surface area (Å²) in [5.41, 5.74) is 0.946. The summed E-state index contributed by atoms with van der Waals surface area (Å²) < 4.78 is 32.9. The molecule has 2 heterocycles. The zero-order chi connectivity index (χ0) is 22.7. The summed E-state index contributed by atoms with van der Waals surface area (Å²) in [6.45, 7) is 7.20. The van der Waals surface area contributed by atoms with Crippen LogP contribution in [0.15, 0.2) is 41.4 Å². The van der Waals surface area contributed by atoms with Crippen molar-refractivity contribution in [1.29, 1.82) is 0 Å². The van der Waals surface area contributed by atoms with Crippen LogP contribution >= 0.6 is 0 Å². The third-order valence-electron chi connectivity index (χ3n) is 5.10. The van der Waals surface area contributed by atoms with Gasteiger partial charge in [-0.15, -0.1) is 0 Å². The van der Waals surface area contributed by atoms with Crippen LogP contribution in [0.1, 0.15) is 48.0 Å². The normalized spacial score (nSPS) is 16.1. The van der Waals surface area contributed by atoms with Gasteiger partial charge in [0.1, 0.15) is 11.3 Å². The van der Waals surface area contributed by atoms with E-state index in [9.17, 15) is 22.8 Å². The molecule has 0 unspecified atom stereocenters. The number of carbonyl (C=O) groups is 3. The Morgan fingerprint density at radius 1 is 1.10 bits per heavy atom. The van der Waals surface area contributed by atoms with Crippen molar-refractivity contribution in [2.45, 2.75) is 44.6 Å². The second kappa shape index (κ2) is 6.91. The minimum atomic E-state index is -4.12. The maximum Gasteiger partial charge on any atom is 0.414 e. The lowest BCUT2D eigenvalue weighted by molar-refractivity contribution is -0.111. The van der Waals surface area contributed by atoms with E-state index in [0.717, 1.165) is 15.6 Å². The first-order valence-electron chi connectivity index (χ1n) is 9.78. The SMILES string of the molecule is Cc1ccc(S(=O)(=O)n2cc3c4c2C(=O)C(=O)C=C4N(C(=O)OC(C)(C)C)CC3)cc1. The fourth-order valence-corrected chi connectivity index (χ4v) is 5.07. The van der Waals surface area contributed by atoms with Gasteiger partial charge in [0, 0.05) is 24.4 Å². The fraction of sp³-hybridized carbons (Fsp3) is 0.318. The Balaban J connectivity index is 1.87. The number of aromatic nitrogens is 1. The quantitative estimate of drug-likeness (QED) is 0.663. The zero-order valence-corrected chi connectivity index (χ0v) is 18.4. The third kappa shape index (κ3) is 3.48. The summed E-state index contributed by atoms with van der Waals surface area (Å²) in [5.74, 6) is -1.81. The molecule has 1 aromatic carbocycles. The van der Waals surface area contributed by atoms with Gasteiger partial charge in [0.25, 0.3) is 15.8 Å². The first-order chi connectivity index (χ1) is 14.4. The molecule has 0 atom stereocenters. The minimum absolute atomic E-state index is 0.00190. The molecule has 4 rings (SSSR count). The molecule has 8 nitrogen and oxygen atoms in total. The first kappa shape index (κ1) is 21.0. The summed E-state index contributed by atoms with van der Waals surface area (Å²) in [6.07, 6.45) is 2.11. The van der Waals surface area contributed by atoms with Gasteiger partial charge in [-0.3, -0.25) is 14.5 Å². The van der Waals surface area contributed by atoms with Crippen molar-refractivity contribution in [1.82, 2.24) is 8.87 Å². The summed E-state index contributed by atoms with van der Waals surface area (Å²) >= 11 is 0. The molecule has 1 aliphatic carbocycles. The van der Waals surface area contributed by atoms with Crippen LogP contribution in [0, 0.1) is 6.92 Å². The highest BCUT2D eigenvalue weighted by molar-refractivity contribution is 7.90. The average Bonchev–Trinajstić information content (AvgIpc) is 3.07. The van der Waals surface area contributed by atoms with Crippen LogP contribution < -0.4 is 0 Å². The number of amides is 1. The van der Waals surface area contributed by atoms with Crippen LogP contribution in [0.3, 0.4) is 0 Å². The van der Waals surface area contributed by atoms with E-state index in [2.05, 4.69) is 0 Å². The predicted molar refractivity (Wildman–Crippen MR) is 112 cm³/mol. The number of hydrogen-bond donors (Lipinski definition) is 0. The molecule has 0 radical (unpaired) electrons. The highest BCUT2D eigenvalue weighted by Crippen LogP contribution is 2.38. The van der Waals surface area contributed by atoms with E-state index in [-0.39, 0.29) is 28.4 Å². The second-order valence-corrected chi connectivity index (χ2v) is 10.4. The summed E-state index contributed by atoms with van der Waals surface area (Å²) in [5, 5.41) is 0. The molecule has 1 aliphatic heterocycles. The lowest BCUT2D eigenvalue weighted by Gasteiger charge is -2.33. The van der Waals surface area contributed by atoms with Crippen molar-refractivity contribution in [2.24, 2.45) is 0 Å². The second-order valence-electron chi connectivity index (χ2n) is 8.60. The van der Waals surface area contributed by atoms with Gasteiger partial charge >= 0.3 is 6.09 Å². The van der Waals surface area contributed by atoms with Gasteiger partial charge in [-0.1, -0.05) is 17.7 Å². The van der Waals surface area contributed by atoms with Crippen LogP contribution in [0.5, 0.6) is 0 Å². The van der Waals surface area contributed by atoms with Crippen molar-refractivity contribution >= 4 is 33.4 Å². The number of aryl methyl sites for hydroxylation is 1. The molecule has 9 heteroatoms. The number of ether oxygens (including phenoxy) is 1. The summed E-state index contributed by atoms with van der Waals surface area (Å²) in [6, 6.07) is 6.22. The van der Waals surface area contributed by atoms with E-state index in [1.54, 1.807) is 32.9 Å². The number of rotatable bonds is 2. The number of Topliss-reactive ketones (excluding diaryl/α,β-unsaturated/α-hetero) is 1. The van der Waals surface area contributed by atoms with E-state index in [0.29, 0.717) is 12.0 Å². The fourth-order valence-electron chi connectivity index (χ4n) is 3.69. The van der Waals surface area contributed by atoms with Gasteiger partial charge in [0.15, 0.2) is 0 Å². The lowest BCUT2D eigenvalue weighted by atomic mass is 9.91. The van der Waals surface area contributed by atoms with Gasteiger partial charge in [-0.2, -0.15) is 0 Å². The Bertz CT molecular complexity index is 1260. The third-order valence-corrected chi connectivity index (χ3v) is 6.78. The molecule has 0 bridgehead atoms. The largest absolute Gasteiger partial charge is 0.443 e. The number of ketones is 2. The van der Waals surface area contributed by atoms with Crippen LogP contribution in [0.4, 0.5) is 4.79 Å². The van der Waals surface area contributed by atoms with Crippen LogP contribution in [0.25, 0.3) is 5.70 Å². The zero-order valence-electron chi connectivity index (χ0n) is 17.6. The number of carbonyl (C=O) groups excluding carboxylic acids is 3. The van der Waals surface area contributed by atoms with Crippen molar-refractivity contribution in [3.05, 3.63) is 58.9 Å². The van der Waals surface area contributed by atoms with Gasteiger partial charge in [-0.05, 0) is 51.8 Å². The van der Waals surface area contributed by atoms with Gasteiger partial charge in [0.2, 0.25) is 5.78 Å². The Morgan fingerprint density at radius 3 is 2.35 bits per heavy atom. The Morgan fingerprint density at radius 2 is 1.74 bits per heavy atom. The first-order valence-corrected chi connectivity index (χ1v) is 11.2. The summed E-state index contributed by atoms with van der Waals surface area (Å²) in [4.78, 5) is 39.2. The van der Waals surface area contributed by atoms with Crippen LogP contribution in [-0.2, 0) is 26.0 Å². The van der Waals surface area contributed by atoms with E-state index in [1.807, 2.05) is 6.92 Å². The Kier molecular flexibility index (Phi) is 4.69. The predicted octanol–water partition coefficient (Wildman–Crippen LogP) is 2.93. The molecular weight excluding hydrogens is 420 g/mol. The van der Waals surface area contributed by atoms with E-state index < -0.39 is 33.3 Å². The van der Waals surface area contributed by atoms with E-state index in [1.165, 1.54) is 23.2 Å². The molecule has 1 amide bonds. The van der Waals surface area contributed by atoms with Crippen molar-refractivity contribution in [2.75, 3.05) is 6.54 Å². The average molecular weight is 442 g/mol. The molecule has 31 heavy (non-hydrogen) atoms. The lowest BCUT2D eigenvalue weighted by Crippen LogP contribution is -2.41. The van der Waals surface area contributed by atoms with Crippen LogP contribution in [-0.4, -0.2) is 47.1 Å². The molecule has 0 saturated heterocycles. The molecule has 0 fully saturated rings. The van der Waals surface area contributed by atoms with Crippen molar-refractivity contribution < 1.29 is 27.5 Å². The van der Waals surface area contributed by atoms with E-state index >= 15 is 0 Å². The highest BCUT2D eigenvalue weighted by atomic mass is 32.2. The van der Waals surface area contributed by atoms with Gasteiger partial charge < -0.3 is 4.74 Å². The van der Waals surface area contributed by atoms with Crippen LogP contribution in [0.2, 0.25) is 0 Å². The summed E-state index contributed by atoms with van der Waals surface area (Å²) in [7, 11) is -4.12. The standard InChI is InChI=1S/C22H22N2O6S/c1-13-5-7-15(8-6-13)31(28,29)24-12-14-9-10-23(21(27)30-22(2,3)4)16-11-17(25)20(26)19(24)18(14)16/h5-8,11-12H,9-10H2,1-4H3. The topological polar surface area (TPSA) is 103 Å². The smallest absolute Gasteiger partial charge is 0.414 e. The highest BCUT2D eigenvalue weighted by Gasteiger charge is 2.41. The number of nitrogens with zero attached hydrogens (tertiary/aromatic N) is 2. The monoisotopic (exact) mass is 442 g/mol. The Hall–Kier alpha value is -3.20. The number of benzene rings is 1. The van der Waals surface area contributed by atoms with Gasteiger partial charge in [-0.25, -0.2) is 17.2 Å². The van der Waals surface area contributed by atoms with Crippen molar-refractivity contribution in [3.8, 4) is 0 Å². The number of allylic oxidation sites excluding steroid dienone is 1. The van der Waals surface area contributed by atoms with E-state index in [4.69, 9.17) is 4.74 Å². The maximum atomic E-state index is 13.3. The van der Waals surface area contributed by atoms with Gasteiger partial charge in [0.05, 0.1) is 10.6 Å². The molecule has 0 N–H and O–H groups in total. The molecule has 0 saturated carbocycles. The molecule has 162 valence electrons.